The summed E-state index contributed by atoms with van der Waals surface area (Å²) in [5.74, 6) is 1.53. The van der Waals surface area contributed by atoms with E-state index in [9.17, 15) is 5.26 Å². The van der Waals surface area contributed by atoms with Crippen LogP contribution in [-0.2, 0) is 0 Å². The van der Waals surface area contributed by atoms with Crippen LogP contribution in [0.5, 0.6) is 11.5 Å². The smallest absolute Gasteiger partial charge is 0.127 e. The summed E-state index contributed by atoms with van der Waals surface area (Å²) in [6.07, 6.45) is 3.60. The maximum Gasteiger partial charge on any atom is 0.127 e. The zero-order valence-corrected chi connectivity index (χ0v) is 17.5. The standard InChI is InChI=1S/C27H20N4O/c1-19-25(20-8-4-2-5-9-20)18-31-27(19)26(21(16-28)17-29-31)30-22-12-14-24(15-13-22)32-23-10-6-3-7-11-23/h2-15,17-18,30H,1H3. The molecule has 0 atom stereocenters. The van der Waals surface area contributed by atoms with Gasteiger partial charge >= 0.3 is 0 Å². The number of nitriles is 1. The van der Waals surface area contributed by atoms with Gasteiger partial charge in [0.05, 0.1) is 23.0 Å². The Morgan fingerprint density at radius 3 is 2.22 bits per heavy atom. The molecule has 0 unspecified atom stereocenters. The summed E-state index contributed by atoms with van der Waals surface area (Å²) in [7, 11) is 0. The van der Waals surface area contributed by atoms with Crippen LogP contribution in [0.25, 0.3) is 16.6 Å². The second kappa shape index (κ2) is 8.29. The molecule has 0 aliphatic rings. The molecule has 0 saturated heterocycles. The minimum Gasteiger partial charge on any atom is -0.457 e. The molecule has 0 amide bonds. The van der Waals surface area contributed by atoms with E-state index in [0.29, 0.717) is 5.56 Å². The van der Waals surface area contributed by atoms with Gasteiger partial charge in [-0.3, -0.25) is 0 Å². The van der Waals surface area contributed by atoms with E-state index in [4.69, 9.17) is 4.74 Å². The minimum absolute atomic E-state index is 0.489. The van der Waals surface area contributed by atoms with Crippen LogP contribution in [-0.4, -0.2) is 9.61 Å². The van der Waals surface area contributed by atoms with Crippen molar-refractivity contribution in [1.29, 1.82) is 5.26 Å². The fourth-order valence-corrected chi connectivity index (χ4v) is 3.78. The van der Waals surface area contributed by atoms with Gasteiger partial charge in [-0.1, -0.05) is 48.5 Å². The topological polar surface area (TPSA) is 62.4 Å². The molecular weight excluding hydrogens is 396 g/mol. The molecule has 32 heavy (non-hydrogen) atoms. The number of aromatic nitrogens is 2. The van der Waals surface area contributed by atoms with Crippen LogP contribution in [0.3, 0.4) is 0 Å². The van der Waals surface area contributed by atoms with Gasteiger partial charge in [-0.05, 0) is 54.4 Å². The van der Waals surface area contributed by atoms with Crippen molar-refractivity contribution in [2.24, 2.45) is 0 Å². The molecule has 5 aromatic rings. The van der Waals surface area contributed by atoms with Crippen LogP contribution in [0.2, 0.25) is 0 Å². The third-order valence-electron chi connectivity index (χ3n) is 5.36. The van der Waals surface area contributed by atoms with Crippen molar-refractivity contribution in [3.8, 4) is 28.7 Å². The number of benzene rings is 3. The lowest BCUT2D eigenvalue weighted by molar-refractivity contribution is 0.483. The van der Waals surface area contributed by atoms with Crippen molar-refractivity contribution in [3.05, 3.63) is 108 Å². The molecule has 154 valence electrons. The molecule has 2 heterocycles. The maximum atomic E-state index is 9.72. The monoisotopic (exact) mass is 416 g/mol. The van der Waals surface area contributed by atoms with Gasteiger partial charge < -0.3 is 10.1 Å². The van der Waals surface area contributed by atoms with E-state index >= 15 is 0 Å². The second-order valence-electron chi connectivity index (χ2n) is 7.44. The lowest BCUT2D eigenvalue weighted by Gasteiger charge is -2.12. The van der Waals surface area contributed by atoms with Crippen molar-refractivity contribution in [2.45, 2.75) is 6.92 Å². The molecule has 5 rings (SSSR count). The van der Waals surface area contributed by atoms with Gasteiger partial charge in [0.1, 0.15) is 17.6 Å². The first kappa shape index (κ1) is 19.4. The van der Waals surface area contributed by atoms with Crippen molar-refractivity contribution in [3.63, 3.8) is 0 Å². The van der Waals surface area contributed by atoms with Crippen LogP contribution in [0.1, 0.15) is 11.1 Å². The largest absolute Gasteiger partial charge is 0.457 e. The van der Waals surface area contributed by atoms with Crippen LogP contribution in [0, 0.1) is 18.3 Å². The van der Waals surface area contributed by atoms with Crippen LogP contribution in [0.15, 0.2) is 97.3 Å². The zero-order chi connectivity index (χ0) is 21.9. The lowest BCUT2D eigenvalue weighted by atomic mass is 10.0. The molecule has 2 aromatic heterocycles. The van der Waals surface area contributed by atoms with Gasteiger partial charge in [-0.25, -0.2) is 4.52 Å². The Bertz CT molecular complexity index is 1420. The van der Waals surface area contributed by atoms with E-state index in [1.54, 1.807) is 6.20 Å². The summed E-state index contributed by atoms with van der Waals surface area (Å²) in [5, 5.41) is 17.6. The number of rotatable bonds is 5. The van der Waals surface area contributed by atoms with Crippen LogP contribution < -0.4 is 10.1 Å². The Hall–Kier alpha value is -4.56. The van der Waals surface area contributed by atoms with Gasteiger partial charge in [-0.15, -0.1) is 0 Å². The molecule has 3 aromatic carbocycles. The van der Waals surface area contributed by atoms with E-state index in [1.165, 1.54) is 0 Å². The van der Waals surface area contributed by atoms with Crippen LogP contribution in [0.4, 0.5) is 11.4 Å². The van der Waals surface area contributed by atoms with Crippen molar-refractivity contribution in [2.75, 3.05) is 5.32 Å². The fourth-order valence-electron chi connectivity index (χ4n) is 3.78. The Labute approximate surface area is 186 Å². The van der Waals surface area contributed by atoms with Gasteiger partial charge in [0.25, 0.3) is 0 Å². The van der Waals surface area contributed by atoms with Gasteiger partial charge in [0.15, 0.2) is 0 Å². The Morgan fingerprint density at radius 2 is 1.53 bits per heavy atom. The number of hydrogen-bond donors (Lipinski definition) is 1. The van der Waals surface area contributed by atoms with Crippen molar-refractivity contribution in [1.82, 2.24) is 9.61 Å². The second-order valence-corrected chi connectivity index (χ2v) is 7.44. The molecule has 0 aliphatic heterocycles. The molecule has 5 heteroatoms. The third-order valence-corrected chi connectivity index (χ3v) is 5.36. The number of aryl methyl sites for hydroxylation is 1. The predicted octanol–water partition coefficient (Wildman–Crippen LogP) is 6.72. The quantitative estimate of drug-likeness (QED) is 0.345. The van der Waals surface area contributed by atoms with Crippen molar-refractivity contribution >= 4 is 16.9 Å². The molecule has 0 spiro atoms. The third kappa shape index (κ3) is 3.66. The Morgan fingerprint density at radius 1 is 0.875 bits per heavy atom. The molecule has 0 aliphatic carbocycles. The van der Waals surface area contributed by atoms with E-state index in [2.05, 4.69) is 35.5 Å². The summed E-state index contributed by atoms with van der Waals surface area (Å²) in [4.78, 5) is 0. The minimum atomic E-state index is 0.489. The average molecular weight is 416 g/mol. The van der Waals surface area contributed by atoms with Crippen molar-refractivity contribution < 1.29 is 4.74 Å². The van der Waals surface area contributed by atoms with E-state index in [-0.39, 0.29) is 0 Å². The van der Waals surface area contributed by atoms with Crippen LogP contribution >= 0.6 is 0 Å². The summed E-state index contributed by atoms with van der Waals surface area (Å²) in [5.41, 5.74) is 6.23. The molecule has 1 N–H and O–H groups in total. The molecule has 0 saturated carbocycles. The SMILES string of the molecule is Cc1c(-c2ccccc2)cn2ncc(C#N)c(Nc3ccc(Oc4ccccc4)cc3)c12. The highest BCUT2D eigenvalue weighted by molar-refractivity contribution is 5.89. The summed E-state index contributed by atoms with van der Waals surface area (Å²) < 4.78 is 7.70. The zero-order valence-electron chi connectivity index (χ0n) is 17.5. The number of para-hydroxylation sites is 1. The van der Waals surface area contributed by atoms with E-state index < -0.39 is 0 Å². The highest BCUT2D eigenvalue weighted by Crippen LogP contribution is 2.34. The number of fused-ring (bicyclic) bond motifs is 1. The number of ether oxygens (including phenoxy) is 1. The fraction of sp³-hybridized carbons (Fsp3) is 0.0370. The Kier molecular flexibility index (Phi) is 5.03. The predicted molar refractivity (Wildman–Crippen MR) is 126 cm³/mol. The molecule has 5 nitrogen and oxygen atoms in total. The van der Waals surface area contributed by atoms with Gasteiger partial charge in [0.2, 0.25) is 0 Å². The number of anilines is 2. The highest BCUT2D eigenvalue weighted by atomic mass is 16.5. The Balaban J connectivity index is 1.51. The lowest BCUT2D eigenvalue weighted by Crippen LogP contribution is -2.00. The van der Waals surface area contributed by atoms with E-state index in [0.717, 1.165) is 45.1 Å². The summed E-state index contributed by atoms with van der Waals surface area (Å²) in [6.45, 7) is 2.06. The molecule has 0 bridgehead atoms. The number of hydrogen-bond acceptors (Lipinski definition) is 4. The normalized spacial score (nSPS) is 10.6. The first-order valence-electron chi connectivity index (χ1n) is 10.3. The summed E-state index contributed by atoms with van der Waals surface area (Å²) >= 11 is 0. The van der Waals surface area contributed by atoms with E-state index in [1.807, 2.05) is 83.5 Å². The number of nitrogens with one attached hydrogen (secondary N) is 1. The number of nitrogens with zero attached hydrogens (tertiary/aromatic N) is 3. The van der Waals surface area contributed by atoms with Gasteiger partial charge in [0, 0.05) is 17.4 Å². The molecular formula is C27H20N4O. The van der Waals surface area contributed by atoms with Gasteiger partial charge in [-0.2, -0.15) is 10.4 Å². The molecule has 0 fully saturated rings. The molecule has 0 radical (unpaired) electrons. The first-order chi connectivity index (χ1) is 15.7. The first-order valence-corrected chi connectivity index (χ1v) is 10.3. The summed E-state index contributed by atoms with van der Waals surface area (Å²) in [6, 6.07) is 29.8. The maximum absolute atomic E-state index is 9.72. The highest BCUT2D eigenvalue weighted by Gasteiger charge is 2.16. The average Bonchev–Trinajstić information content (AvgIpc) is 3.18.